The Morgan fingerprint density at radius 1 is 1.48 bits per heavy atom. The van der Waals surface area contributed by atoms with Gasteiger partial charge in [-0.3, -0.25) is 19.3 Å². The highest BCUT2D eigenvalue weighted by Gasteiger charge is 2.17. The molecular formula is C14H23N5O2. The van der Waals surface area contributed by atoms with Gasteiger partial charge < -0.3 is 4.74 Å². The topological polar surface area (TPSA) is 63.5 Å². The highest BCUT2D eigenvalue weighted by molar-refractivity contribution is 5.90. The zero-order chi connectivity index (χ0) is 15.1. The van der Waals surface area contributed by atoms with Gasteiger partial charge in [0.05, 0.1) is 19.4 Å². The molecule has 7 nitrogen and oxygen atoms in total. The summed E-state index contributed by atoms with van der Waals surface area (Å²) in [5.74, 6) is 0.596. The zero-order valence-electron chi connectivity index (χ0n) is 12.6. The van der Waals surface area contributed by atoms with Crippen molar-refractivity contribution < 1.29 is 9.53 Å². The van der Waals surface area contributed by atoms with Crippen LogP contribution in [-0.4, -0.2) is 65.2 Å². The van der Waals surface area contributed by atoms with Gasteiger partial charge in [0.25, 0.3) is 0 Å². The Labute approximate surface area is 125 Å². The molecule has 0 atom stereocenters. The molecule has 0 N–H and O–H groups in total. The van der Waals surface area contributed by atoms with Crippen molar-refractivity contribution in [2.75, 3.05) is 44.3 Å². The maximum atomic E-state index is 11.8. The molecule has 1 aliphatic heterocycles. The standard InChI is InChI=1S/C14H23N5O2/c1-3-4-5-18-12-14(15-16-18)19(13(2)20)7-6-17-8-10-21-11-9-17/h3,12H,1,4-11H2,2H3. The Morgan fingerprint density at radius 3 is 2.90 bits per heavy atom. The molecule has 0 spiro atoms. The maximum Gasteiger partial charge on any atom is 0.225 e. The van der Waals surface area contributed by atoms with Crippen LogP contribution < -0.4 is 4.90 Å². The van der Waals surface area contributed by atoms with Gasteiger partial charge in [0.15, 0.2) is 5.82 Å². The van der Waals surface area contributed by atoms with Crippen LogP contribution in [0, 0.1) is 0 Å². The van der Waals surface area contributed by atoms with Crippen molar-refractivity contribution in [1.82, 2.24) is 19.9 Å². The van der Waals surface area contributed by atoms with E-state index < -0.39 is 0 Å². The molecular weight excluding hydrogens is 270 g/mol. The monoisotopic (exact) mass is 293 g/mol. The third-order valence-corrected chi connectivity index (χ3v) is 3.49. The molecule has 2 heterocycles. The molecule has 2 rings (SSSR count). The van der Waals surface area contributed by atoms with E-state index in [0.29, 0.717) is 12.4 Å². The van der Waals surface area contributed by atoms with Crippen LogP contribution in [0.15, 0.2) is 18.9 Å². The fourth-order valence-electron chi connectivity index (χ4n) is 2.24. The van der Waals surface area contributed by atoms with Gasteiger partial charge in [-0.15, -0.1) is 11.7 Å². The number of allylic oxidation sites excluding steroid dienone is 1. The fourth-order valence-corrected chi connectivity index (χ4v) is 2.24. The summed E-state index contributed by atoms with van der Waals surface area (Å²) in [6, 6.07) is 0. The minimum atomic E-state index is -0.0148. The average molecular weight is 293 g/mol. The van der Waals surface area contributed by atoms with Crippen molar-refractivity contribution in [3.05, 3.63) is 18.9 Å². The fraction of sp³-hybridized carbons (Fsp3) is 0.643. The molecule has 0 aliphatic carbocycles. The second-order valence-corrected chi connectivity index (χ2v) is 5.04. The Balaban J connectivity index is 1.92. The number of hydrogen-bond donors (Lipinski definition) is 0. The zero-order valence-corrected chi connectivity index (χ0v) is 12.6. The van der Waals surface area contributed by atoms with E-state index in [0.717, 1.165) is 45.8 Å². The molecule has 1 aromatic heterocycles. The van der Waals surface area contributed by atoms with Crippen LogP contribution in [0.5, 0.6) is 0 Å². The van der Waals surface area contributed by atoms with E-state index in [4.69, 9.17) is 4.74 Å². The summed E-state index contributed by atoms with van der Waals surface area (Å²) >= 11 is 0. The van der Waals surface area contributed by atoms with Crippen LogP contribution in [0.4, 0.5) is 5.82 Å². The van der Waals surface area contributed by atoms with E-state index in [2.05, 4.69) is 21.8 Å². The number of anilines is 1. The summed E-state index contributed by atoms with van der Waals surface area (Å²) in [5, 5.41) is 8.14. The Bertz CT molecular complexity index is 468. The number of hydrogen-bond acceptors (Lipinski definition) is 5. The average Bonchev–Trinajstić information content (AvgIpc) is 2.94. The van der Waals surface area contributed by atoms with Gasteiger partial charge in [-0.2, -0.15) is 0 Å². The second-order valence-electron chi connectivity index (χ2n) is 5.04. The molecule has 7 heteroatoms. The van der Waals surface area contributed by atoms with Crippen LogP contribution in [0.1, 0.15) is 13.3 Å². The minimum Gasteiger partial charge on any atom is -0.379 e. The number of ether oxygens (including phenoxy) is 1. The Kier molecular flexibility index (Phi) is 5.89. The van der Waals surface area contributed by atoms with Gasteiger partial charge in [-0.1, -0.05) is 11.3 Å². The lowest BCUT2D eigenvalue weighted by Crippen LogP contribution is -2.42. The van der Waals surface area contributed by atoms with Crippen molar-refractivity contribution in [2.45, 2.75) is 19.9 Å². The van der Waals surface area contributed by atoms with Gasteiger partial charge in [0.1, 0.15) is 0 Å². The maximum absolute atomic E-state index is 11.8. The summed E-state index contributed by atoms with van der Waals surface area (Å²) in [6.45, 7) is 10.8. The smallest absolute Gasteiger partial charge is 0.225 e. The van der Waals surface area contributed by atoms with Gasteiger partial charge >= 0.3 is 0 Å². The van der Waals surface area contributed by atoms with E-state index in [9.17, 15) is 4.79 Å². The lowest BCUT2D eigenvalue weighted by Gasteiger charge is -2.28. The minimum absolute atomic E-state index is 0.0148. The molecule has 0 bridgehead atoms. The summed E-state index contributed by atoms with van der Waals surface area (Å²) in [5.41, 5.74) is 0. The first-order valence-electron chi connectivity index (χ1n) is 7.30. The molecule has 21 heavy (non-hydrogen) atoms. The van der Waals surface area contributed by atoms with E-state index in [-0.39, 0.29) is 5.91 Å². The van der Waals surface area contributed by atoms with Crippen LogP contribution in [-0.2, 0) is 16.1 Å². The van der Waals surface area contributed by atoms with Crippen molar-refractivity contribution >= 4 is 11.7 Å². The van der Waals surface area contributed by atoms with Crippen LogP contribution in [0.25, 0.3) is 0 Å². The van der Waals surface area contributed by atoms with Crippen LogP contribution in [0.2, 0.25) is 0 Å². The number of aromatic nitrogens is 3. The number of amides is 1. The first kappa shape index (κ1) is 15.7. The predicted octanol–water partition coefficient (Wildman–Crippen LogP) is 0.539. The first-order chi connectivity index (χ1) is 10.2. The predicted molar refractivity (Wildman–Crippen MR) is 80.1 cm³/mol. The molecule has 1 amide bonds. The van der Waals surface area contributed by atoms with Gasteiger partial charge in [-0.05, 0) is 6.42 Å². The number of morpholine rings is 1. The summed E-state index contributed by atoms with van der Waals surface area (Å²) < 4.78 is 7.06. The molecule has 1 saturated heterocycles. The number of carbonyl (C=O) groups excluding carboxylic acids is 1. The molecule has 116 valence electrons. The molecule has 0 saturated carbocycles. The first-order valence-corrected chi connectivity index (χ1v) is 7.30. The Morgan fingerprint density at radius 2 is 2.24 bits per heavy atom. The molecule has 0 unspecified atom stereocenters. The van der Waals surface area contributed by atoms with Crippen molar-refractivity contribution in [3.63, 3.8) is 0 Å². The summed E-state index contributed by atoms with van der Waals surface area (Å²) in [4.78, 5) is 15.8. The molecule has 1 aliphatic rings. The van der Waals surface area contributed by atoms with E-state index >= 15 is 0 Å². The summed E-state index contributed by atoms with van der Waals surface area (Å²) in [7, 11) is 0. The van der Waals surface area contributed by atoms with E-state index in [1.807, 2.05) is 12.3 Å². The van der Waals surface area contributed by atoms with Crippen molar-refractivity contribution in [3.8, 4) is 0 Å². The quantitative estimate of drug-likeness (QED) is 0.687. The number of aryl methyl sites for hydroxylation is 1. The van der Waals surface area contributed by atoms with E-state index in [1.165, 1.54) is 0 Å². The summed E-state index contributed by atoms with van der Waals surface area (Å²) in [6.07, 6.45) is 4.48. The third kappa shape index (κ3) is 4.64. The Hall–Kier alpha value is -1.73. The molecule has 0 radical (unpaired) electrons. The van der Waals surface area contributed by atoms with E-state index in [1.54, 1.807) is 16.5 Å². The number of carbonyl (C=O) groups is 1. The number of rotatable bonds is 7. The third-order valence-electron chi connectivity index (χ3n) is 3.49. The van der Waals surface area contributed by atoms with Crippen molar-refractivity contribution in [1.29, 1.82) is 0 Å². The largest absolute Gasteiger partial charge is 0.379 e. The normalized spacial score (nSPS) is 15.9. The van der Waals surface area contributed by atoms with Crippen LogP contribution in [0.3, 0.4) is 0 Å². The highest BCUT2D eigenvalue weighted by atomic mass is 16.5. The van der Waals surface area contributed by atoms with Gasteiger partial charge in [0.2, 0.25) is 5.91 Å². The van der Waals surface area contributed by atoms with Crippen LogP contribution >= 0.6 is 0 Å². The lowest BCUT2D eigenvalue weighted by molar-refractivity contribution is -0.116. The number of nitrogens with zero attached hydrogens (tertiary/aromatic N) is 5. The lowest BCUT2D eigenvalue weighted by atomic mass is 10.3. The molecule has 1 aromatic rings. The molecule has 1 fully saturated rings. The molecule has 0 aromatic carbocycles. The second kappa shape index (κ2) is 7.90. The highest BCUT2D eigenvalue weighted by Crippen LogP contribution is 2.10. The van der Waals surface area contributed by atoms with Crippen molar-refractivity contribution in [2.24, 2.45) is 0 Å². The SMILES string of the molecule is C=CCCn1cc(N(CCN2CCOCC2)C(C)=O)nn1. The van der Waals surface area contributed by atoms with Gasteiger partial charge in [-0.25, -0.2) is 0 Å². The van der Waals surface area contributed by atoms with Gasteiger partial charge in [0, 0.05) is 39.6 Å².